The highest BCUT2D eigenvalue weighted by molar-refractivity contribution is 14.1. The lowest BCUT2D eigenvalue weighted by Crippen LogP contribution is -2.11. The molecule has 0 spiro atoms. The average molecular weight is 569 g/mol. The summed E-state index contributed by atoms with van der Waals surface area (Å²) in [5.41, 5.74) is 8.00. The van der Waals surface area contributed by atoms with Crippen molar-refractivity contribution in [2.24, 2.45) is 0 Å². The molecule has 0 saturated heterocycles. The molecule has 0 radical (unpaired) electrons. The Morgan fingerprint density at radius 3 is 2.55 bits per heavy atom. The average Bonchev–Trinajstić information content (AvgIpc) is 3.11. The number of hydrogen-bond acceptors (Lipinski definition) is 6. The highest BCUT2D eigenvalue weighted by Gasteiger charge is 2.32. The first-order valence-corrected chi connectivity index (χ1v) is 10.9. The molecule has 1 aromatic carbocycles. The second-order valence-corrected chi connectivity index (χ2v) is 8.51. The van der Waals surface area contributed by atoms with Crippen LogP contribution in [0.2, 0.25) is 0 Å². The van der Waals surface area contributed by atoms with Crippen LogP contribution in [-0.2, 0) is 12.8 Å². The van der Waals surface area contributed by atoms with Gasteiger partial charge in [-0.3, -0.25) is 9.55 Å². The van der Waals surface area contributed by atoms with Gasteiger partial charge in [-0.15, -0.1) is 0 Å². The maximum atomic E-state index is 12.7. The Morgan fingerprint density at radius 2 is 1.88 bits per heavy atom. The molecule has 0 aliphatic rings. The van der Waals surface area contributed by atoms with Crippen LogP contribution < -0.4 is 15.2 Å². The highest BCUT2D eigenvalue weighted by Crippen LogP contribution is 2.34. The van der Waals surface area contributed by atoms with Crippen molar-refractivity contribution < 1.29 is 22.6 Å². The predicted octanol–water partition coefficient (Wildman–Crippen LogP) is 5.23. The van der Waals surface area contributed by atoms with E-state index in [0.29, 0.717) is 34.2 Å². The summed E-state index contributed by atoms with van der Waals surface area (Å²) in [6.07, 6.45) is -1.58. The highest BCUT2D eigenvalue weighted by atomic mass is 127. The summed E-state index contributed by atoms with van der Waals surface area (Å²) in [5, 5.41) is 0. The van der Waals surface area contributed by atoms with Crippen molar-refractivity contribution in [3.05, 3.63) is 69.2 Å². The zero-order valence-electron chi connectivity index (χ0n) is 17.6. The van der Waals surface area contributed by atoms with E-state index >= 15 is 0 Å². The molecule has 33 heavy (non-hydrogen) atoms. The lowest BCUT2D eigenvalue weighted by molar-refractivity contribution is -0.141. The molecule has 0 amide bonds. The number of hydrogen-bond donors (Lipinski definition) is 1. The van der Waals surface area contributed by atoms with E-state index in [1.54, 1.807) is 12.3 Å². The first-order chi connectivity index (χ1) is 15.7. The number of nitrogen functional groups attached to an aromatic ring is 1. The van der Waals surface area contributed by atoms with Gasteiger partial charge in [-0.25, -0.2) is 9.97 Å². The number of alkyl halides is 3. The number of halogens is 4. The van der Waals surface area contributed by atoms with Gasteiger partial charge in [0.15, 0.2) is 17.1 Å². The van der Waals surface area contributed by atoms with Gasteiger partial charge in [0.1, 0.15) is 17.8 Å². The zero-order valence-corrected chi connectivity index (χ0v) is 19.8. The molecule has 1 atom stereocenters. The molecule has 2 N–H and O–H groups in total. The van der Waals surface area contributed by atoms with Gasteiger partial charge < -0.3 is 15.2 Å². The third-order valence-electron chi connectivity index (χ3n) is 5.09. The molecule has 0 bridgehead atoms. The van der Waals surface area contributed by atoms with Gasteiger partial charge in [-0.1, -0.05) is 12.1 Å². The quantitative estimate of drug-likeness (QED) is 0.320. The first-order valence-electron chi connectivity index (χ1n) is 9.79. The number of ether oxygens (including phenoxy) is 2. The van der Waals surface area contributed by atoms with E-state index in [1.807, 2.05) is 29.7 Å². The van der Waals surface area contributed by atoms with Crippen LogP contribution in [0.4, 0.5) is 19.1 Å². The summed E-state index contributed by atoms with van der Waals surface area (Å²) in [6.45, 7) is 2.01. The Kier molecular flexibility index (Phi) is 6.32. The molecule has 4 aromatic rings. The predicted molar refractivity (Wildman–Crippen MR) is 125 cm³/mol. The third-order valence-corrected chi connectivity index (χ3v) is 5.68. The maximum absolute atomic E-state index is 12.7. The largest absolute Gasteiger partial charge is 0.493 e. The number of nitrogens with two attached hydrogens (primary N) is 1. The molecule has 7 nitrogen and oxygen atoms in total. The van der Waals surface area contributed by atoms with Gasteiger partial charge in [0, 0.05) is 21.5 Å². The lowest BCUT2D eigenvalue weighted by atomic mass is 10.1. The van der Waals surface area contributed by atoms with E-state index in [2.05, 4.69) is 37.5 Å². The first kappa shape index (κ1) is 23.1. The van der Waals surface area contributed by atoms with Crippen molar-refractivity contribution in [1.82, 2.24) is 19.5 Å². The van der Waals surface area contributed by atoms with E-state index < -0.39 is 11.9 Å². The van der Waals surface area contributed by atoms with E-state index in [1.165, 1.54) is 13.2 Å². The van der Waals surface area contributed by atoms with Crippen molar-refractivity contribution in [1.29, 1.82) is 0 Å². The number of aromatic nitrogens is 4. The van der Waals surface area contributed by atoms with Gasteiger partial charge >= 0.3 is 6.18 Å². The smallest absolute Gasteiger partial charge is 0.433 e. The lowest BCUT2D eigenvalue weighted by Gasteiger charge is -2.18. The van der Waals surface area contributed by atoms with Crippen molar-refractivity contribution in [3.8, 4) is 11.5 Å². The molecule has 0 fully saturated rings. The SMILES string of the molecule is COc1cc(C(C)n2c(N)nc3cc(I)cnc32)ccc1OCc1ccc(C(F)(F)F)nc1. The standard InChI is InChI=1S/C22H19F3IN5O2/c1-12(31-20-16(30-21(31)27)8-15(26)10-29-20)14-4-5-17(18(7-14)32-2)33-11-13-3-6-19(28-9-13)22(23,24)25/h3-10,12H,11H2,1-2H3,(H2,27,30). The van der Waals surface area contributed by atoms with E-state index in [4.69, 9.17) is 15.2 Å². The minimum Gasteiger partial charge on any atom is -0.493 e. The summed E-state index contributed by atoms with van der Waals surface area (Å²) >= 11 is 2.17. The van der Waals surface area contributed by atoms with Gasteiger partial charge in [0.25, 0.3) is 0 Å². The number of pyridine rings is 2. The zero-order chi connectivity index (χ0) is 23.8. The molecule has 0 saturated carbocycles. The summed E-state index contributed by atoms with van der Waals surface area (Å²) in [4.78, 5) is 12.3. The molecule has 3 heterocycles. The van der Waals surface area contributed by atoms with Gasteiger partial charge in [-0.2, -0.15) is 13.2 Å². The fraction of sp³-hybridized carbons (Fsp3) is 0.227. The fourth-order valence-electron chi connectivity index (χ4n) is 3.41. The second-order valence-electron chi connectivity index (χ2n) is 7.26. The maximum Gasteiger partial charge on any atom is 0.433 e. The van der Waals surface area contributed by atoms with Gasteiger partial charge in [0.2, 0.25) is 5.95 Å². The van der Waals surface area contributed by atoms with Crippen LogP contribution in [0.25, 0.3) is 11.2 Å². The van der Waals surface area contributed by atoms with E-state index in [0.717, 1.165) is 21.4 Å². The molecule has 1 unspecified atom stereocenters. The Bertz CT molecular complexity index is 1290. The van der Waals surface area contributed by atoms with Crippen molar-refractivity contribution >= 4 is 39.7 Å². The van der Waals surface area contributed by atoms with Gasteiger partial charge in [-0.05, 0) is 59.3 Å². The second kappa shape index (κ2) is 9.04. The van der Waals surface area contributed by atoms with Gasteiger partial charge in [0.05, 0.1) is 13.2 Å². The Balaban J connectivity index is 1.55. The normalized spacial score (nSPS) is 12.7. The molecule has 0 aliphatic heterocycles. The molecule has 172 valence electrons. The van der Waals surface area contributed by atoms with Crippen LogP contribution >= 0.6 is 22.6 Å². The molecule has 3 aromatic heterocycles. The number of fused-ring (bicyclic) bond motifs is 1. The molecule has 4 rings (SSSR count). The molecular weight excluding hydrogens is 550 g/mol. The summed E-state index contributed by atoms with van der Waals surface area (Å²) in [5.74, 6) is 1.27. The van der Waals surface area contributed by atoms with Crippen LogP contribution in [0.15, 0.2) is 48.8 Å². The third kappa shape index (κ3) is 4.82. The van der Waals surface area contributed by atoms with Crippen LogP contribution in [0.1, 0.15) is 29.8 Å². The number of imidazole rings is 1. The number of benzene rings is 1. The van der Waals surface area contributed by atoms with Crippen molar-refractivity contribution in [2.75, 3.05) is 12.8 Å². The Morgan fingerprint density at radius 1 is 1.09 bits per heavy atom. The number of anilines is 1. The molecular formula is C22H19F3IN5O2. The number of rotatable bonds is 6. The molecule has 11 heteroatoms. The monoisotopic (exact) mass is 569 g/mol. The van der Waals surface area contributed by atoms with E-state index in [9.17, 15) is 13.2 Å². The minimum atomic E-state index is -4.48. The van der Waals surface area contributed by atoms with Crippen LogP contribution in [0, 0.1) is 3.57 Å². The van der Waals surface area contributed by atoms with Crippen LogP contribution in [-0.4, -0.2) is 26.6 Å². The van der Waals surface area contributed by atoms with Crippen molar-refractivity contribution in [2.45, 2.75) is 25.7 Å². The number of nitrogens with zero attached hydrogens (tertiary/aromatic N) is 4. The summed E-state index contributed by atoms with van der Waals surface area (Å²) < 4.78 is 52.1. The topological polar surface area (TPSA) is 88.1 Å². The van der Waals surface area contributed by atoms with Crippen LogP contribution in [0.5, 0.6) is 11.5 Å². The number of methoxy groups -OCH3 is 1. The summed E-state index contributed by atoms with van der Waals surface area (Å²) in [7, 11) is 1.51. The Labute approximate surface area is 200 Å². The Hall–Kier alpha value is -3.09. The molecule has 0 aliphatic carbocycles. The van der Waals surface area contributed by atoms with Crippen molar-refractivity contribution in [3.63, 3.8) is 0 Å². The summed E-state index contributed by atoms with van der Waals surface area (Å²) in [6, 6.07) is 9.41. The van der Waals surface area contributed by atoms with Crippen LogP contribution in [0.3, 0.4) is 0 Å². The van der Waals surface area contributed by atoms with E-state index in [-0.39, 0.29) is 12.6 Å². The minimum absolute atomic E-state index is 0.0397. The fourth-order valence-corrected chi connectivity index (χ4v) is 3.84.